The molecule has 2 atom stereocenters. The molecule has 5 heteroatoms. The maximum atomic E-state index is 11.0. The van der Waals surface area contributed by atoms with Crippen molar-refractivity contribution in [1.82, 2.24) is 10.2 Å². The predicted octanol–water partition coefficient (Wildman–Crippen LogP) is 2.29. The van der Waals surface area contributed by atoms with Crippen LogP contribution in [-0.2, 0) is 4.79 Å². The third-order valence-electron chi connectivity index (χ3n) is 4.35. The molecule has 0 bridgehead atoms. The van der Waals surface area contributed by atoms with E-state index < -0.39 is 0 Å². The number of piperidine rings is 1. The summed E-state index contributed by atoms with van der Waals surface area (Å²) < 4.78 is 0. The molecule has 1 amide bonds. The summed E-state index contributed by atoms with van der Waals surface area (Å²) in [6.45, 7) is 8.80. The zero-order valence-electron chi connectivity index (χ0n) is 13.3. The third-order valence-corrected chi connectivity index (χ3v) is 5.44. The number of amides is 1. The summed E-state index contributed by atoms with van der Waals surface area (Å²) in [6.07, 6.45) is 2.27. The lowest BCUT2D eigenvalue weighted by atomic mass is 9.93. The van der Waals surface area contributed by atoms with Crippen LogP contribution in [0.15, 0.2) is 11.4 Å². The van der Waals surface area contributed by atoms with Crippen molar-refractivity contribution in [3.63, 3.8) is 0 Å². The summed E-state index contributed by atoms with van der Waals surface area (Å²) in [5.41, 5.74) is 7.62. The molecule has 1 saturated heterocycles. The molecule has 2 unspecified atom stereocenters. The van der Waals surface area contributed by atoms with Crippen LogP contribution < -0.4 is 11.1 Å². The lowest BCUT2D eigenvalue weighted by molar-refractivity contribution is -0.119. The Kier molecular flexibility index (Phi) is 5.79. The second kappa shape index (κ2) is 7.38. The maximum Gasteiger partial charge on any atom is 0.216 e. The Morgan fingerprint density at radius 3 is 2.67 bits per heavy atom. The number of nitrogens with zero attached hydrogens (tertiary/aromatic N) is 1. The summed E-state index contributed by atoms with van der Waals surface area (Å²) >= 11 is 1.82. The van der Waals surface area contributed by atoms with Crippen molar-refractivity contribution in [2.45, 2.75) is 45.7 Å². The van der Waals surface area contributed by atoms with Gasteiger partial charge in [-0.3, -0.25) is 9.69 Å². The van der Waals surface area contributed by atoms with E-state index in [4.69, 9.17) is 5.73 Å². The van der Waals surface area contributed by atoms with E-state index in [2.05, 4.69) is 35.5 Å². The standard InChI is InChI=1S/C16H27N3OS/c1-11-6-9-21-16(11)15(12(2)17)19-7-4-14(5-8-19)10-18-13(3)20/h6,9,12,14-15H,4-5,7-8,10,17H2,1-3H3,(H,18,20). The molecule has 2 heterocycles. The molecule has 21 heavy (non-hydrogen) atoms. The van der Waals surface area contributed by atoms with Gasteiger partial charge in [0, 0.05) is 24.4 Å². The number of nitrogens with one attached hydrogen (secondary N) is 1. The second-order valence-corrected chi connectivity index (χ2v) is 7.14. The minimum Gasteiger partial charge on any atom is -0.356 e. The van der Waals surface area contributed by atoms with Gasteiger partial charge >= 0.3 is 0 Å². The summed E-state index contributed by atoms with van der Waals surface area (Å²) in [5.74, 6) is 0.670. The molecule has 1 aromatic heterocycles. The predicted molar refractivity (Wildman–Crippen MR) is 88.4 cm³/mol. The molecule has 0 radical (unpaired) electrons. The van der Waals surface area contributed by atoms with Gasteiger partial charge in [-0.2, -0.15) is 0 Å². The first-order valence-corrected chi connectivity index (χ1v) is 8.65. The number of likely N-dealkylation sites (tertiary alicyclic amines) is 1. The van der Waals surface area contributed by atoms with Crippen molar-refractivity contribution in [2.24, 2.45) is 11.7 Å². The molecule has 2 rings (SSSR count). The molecule has 1 fully saturated rings. The van der Waals surface area contributed by atoms with Gasteiger partial charge < -0.3 is 11.1 Å². The summed E-state index contributed by atoms with van der Waals surface area (Å²) in [5, 5.41) is 5.09. The van der Waals surface area contributed by atoms with Gasteiger partial charge in [-0.1, -0.05) is 0 Å². The topological polar surface area (TPSA) is 58.4 Å². The Bertz CT molecular complexity index is 464. The number of aryl methyl sites for hydroxylation is 1. The summed E-state index contributed by atoms with van der Waals surface area (Å²) in [7, 11) is 0. The number of rotatable bonds is 5. The van der Waals surface area contributed by atoms with Crippen molar-refractivity contribution in [3.05, 3.63) is 21.9 Å². The molecule has 0 aliphatic carbocycles. The molecule has 118 valence electrons. The van der Waals surface area contributed by atoms with E-state index in [1.54, 1.807) is 6.92 Å². The van der Waals surface area contributed by atoms with Gasteiger partial charge in [0.25, 0.3) is 0 Å². The lowest BCUT2D eigenvalue weighted by Crippen LogP contribution is -2.45. The molecular weight excluding hydrogens is 282 g/mol. The highest BCUT2D eigenvalue weighted by atomic mass is 32.1. The Hall–Kier alpha value is -0.910. The lowest BCUT2D eigenvalue weighted by Gasteiger charge is -2.39. The van der Waals surface area contributed by atoms with E-state index in [1.165, 1.54) is 10.4 Å². The van der Waals surface area contributed by atoms with Gasteiger partial charge in [0.1, 0.15) is 0 Å². The molecule has 3 N–H and O–H groups in total. The Morgan fingerprint density at radius 2 is 2.19 bits per heavy atom. The monoisotopic (exact) mass is 309 g/mol. The second-order valence-electron chi connectivity index (χ2n) is 6.19. The fraction of sp³-hybridized carbons (Fsp3) is 0.688. The van der Waals surface area contributed by atoms with Crippen molar-refractivity contribution in [3.8, 4) is 0 Å². The zero-order chi connectivity index (χ0) is 15.4. The van der Waals surface area contributed by atoms with Gasteiger partial charge in [-0.15, -0.1) is 11.3 Å². The quantitative estimate of drug-likeness (QED) is 0.877. The van der Waals surface area contributed by atoms with Crippen LogP contribution in [-0.4, -0.2) is 36.5 Å². The third kappa shape index (κ3) is 4.28. The molecule has 4 nitrogen and oxygen atoms in total. The van der Waals surface area contributed by atoms with Crippen LogP contribution in [0.3, 0.4) is 0 Å². The van der Waals surface area contributed by atoms with E-state index >= 15 is 0 Å². The fourth-order valence-electron chi connectivity index (χ4n) is 3.15. The highest BCUT2D eigenvalue weighted by Gasteiger charge is 2.30. The Balaban J connectivity index is 1.95. The molecule has 0 saturated carbocycles. The van der Waals surface area contributed by atoms with Crippen LogP contribution in [0.4, 0.5) is 0 Å². The number of thiophene rings is 1. The first-order valence-electron chi connectivity index (χ1n) is 7.77. The zero-order valence-corrected chi connectivity index (χ0v) is 14.1. The van der Waals surface area contributed by atoms with Crippen LogP contribution in [0.5, 0.6) is 0 Å². The van der Waals surface area contributed by atoms with Gasteiger partial charge in [-0.05, 0) is 62.7 Å². The fourth-order valence-corrected chi connectivity index (χ4v) is 4.32. The first-order chi connectivity index (χ1) is 9.99. The van der Waals surface area contributed by atoms with Crippen molar-refractivity contribution in [1.29, 1.82) is 0 Å². The minimum absolute atomic E-state index is 0.0695. The smallest absolute Gasteiger partial charge is 0.216 e. The number of hydrogen-bond acceptors (Lipinski definition) is 4. The normalized spacial score (nSPS) is 20.2. The van der Waals surface area contributed by atoms with E-state index in [0.29, 0.717) is 12.0 Å². The maximum absolute atomic E-state index is 11.0. The first kappa shape index (κ1) is 16.5. The summed E-state index contributed by atoms with van der Waals surface area (Å²) in [4.78, 5) is 14.9. The van der Waals surface area contributed by atoms with Crippen LogP contribution in [0, 0.1) is 12.8 Å². The molecule has 0 aromatic carbocycles. The Labute approximate surface area is 131 Å². The average molecular weight is 309 g/mol. The molecular formula is C16H27N3OS. The SMILES string of the molecule is CC(=O)NCC1CCN(C(c2sccc2C)C(C)N)CC1. The average Bonchev–Trinajstić information content (AvgIpc) is 2.84. The van der Waals surface area contributed by atoms with Gasteiger partial charge in [-0.25, -0.2) is 0 Å². The minimum atomic E-state index is 0.0695. The number of nitrogens with two attached hydrogens (primary N) is 1. The van der Waals surface area contributed by atoms with Crippen molar-refractivity contribution >= 4 is 17.2 Å². The van der Waals surface area contributed by atoms with Crippen LogP contribution in [0.25, 0.3) is 0 Å². The van der Waals surface area contributed by atoms with Crippen molar-refractivity contribution in [2.75, 3.05) is 19.6 Å². The molecule has 1 aromatic rings. The molecule has 1 aliphatic heterocycles. The largest absolute Gasteiger partial charge is 0.356 e. The van der Waals surface area contributed by atoms with E-state index in [0.717, 1.165) is 32.5 Å². The Morgan fingerprint density at radius 1 is 1.52 bits per heavy atom. The van der Waals surface area contributed by atoms with Crippen LogP contribution in [0.1, 0.15) is 43.2 Å². The van der Waals surface area contributed by atoms with Crippen LogP contribution >= 0.6 is 11.3 Å². The van der Waals surface area contributed by atoms with E-state index in [9.17, 15) is 4.79 Å². The highest BCUT2D eigenvalue weighted by Crippen LogP contribution is 2.33. The molecule has 1 aliphatic rings. The number of hydrogen-bond donors (Lipinski definition) is 2. The van der Waals surface area contributed by atoms with E-state index in [-0.39, 0.29) is 11.9 Å². The van der Waals surface area contributed by atoms with Gasteiger partial charge in [0.05, 0.1) is 6.04 Å². The summed E-state index contributed by atoms with van der Waals surface area (Å²) in [6, 6.07) is 2.64. The molecule has 0 spiro atoms. The van der Waals surface area contributed by atoms with Gasteiger partial charge in [0.2, 0.25) is 5.91 Å². The van der Waals surface area contributed by atoms with Gasteiger partial charge in [0.15, 0.2) is 0 Å². The van der Waals surface area contributed by atoms with Crippen LogP contribution in [0.2, 0.25) is 0 Å². The number of carbonyl (C=O) groups excluding carboxylic acids is 1. The van der Waals surface area contributed by atoms with Crippen molar-refractivity contribution < 1.29 is 4.79 Å². The number of carbonyl (C=O) groups is 1. The highest BCUT2D eigenvalue weighted by molar-refractivity contribution is 7.10. The van der Waals surface area contributed by atoms with E-state index in [1.807, 2.05) is 11.3 Å².